The second-order valence-electron chi connectivity index (χ2n) is 6.16. The smallest absolute Gasteiger partial charge is 0.251 e. The molecule has 1 amide bonds. The zero-order valence-corrected chi connectivity index (χ0v) is 13.1. The third-order valence-electron chi connectivity index (χ3n) is 4.47. The number of benzene rings is 1. The number of carbonyl (C=O) groups excluding carboxylic acids is 1. The van der Waals surface area contributed by atoms with Gasteiger partial charge in [0.2, 0.25) is 0 Å². The Balaban J connectivity index is 1.33. The molecule has 0 bridgehead atoms. The summed E-state index contributed by atoms with van der Waals surface area (Å²) in [6, 6.07) is 10.5. The van der Waals surface area contributed by atoms with Crippen molar-refractivity contribution in [1.29, 1.82) is 0 Å². The van der Waals surface area contributed by atoms with Gasteiger partial charge < -0.3 is 14.4 Å². The van der Waals surface area contributed by atoms with Gasteiger partial charge in [-0.05, 0) is 37.7 Å². The summed E-state index contributed by atoms with van der Waals surface area (Å²) in [4.78, 5) is 14.2. The molecule has 1 aromatic carbocycles. The van der Waals surface area contributed by atoms with E-state index >= 15 is 0 Å². The van der Waals surface area contributed by atoms with Crippen LogP contribution >= 0.6 is 0 Å². The lowest BCUT2D eigenvalue weighted by Crippen LogP contribution is -2.38. The van der Waals surface area contributed by atoms with Gasteiger partial charge in [0.25, 0.3) is 5.91 Å². The fourth-order valence-electron chi connectivity index (χ4n) is 3.21. The van der Waals surface area contributed by atoms with Crippen LogP contribution in [0.4, 0.5) is 0 Å². The zero-order chi connectivity index (χ0) is 15.2. The van der Waals surface area contributed by atoms with Crippen LogP contribution in [0, 0.1) is 0 Å². The van der Waals surface area contributed by atoms with Crippen LogP contribution in [0.2, 0.25) is 0 Å². The van der Waals surface area contributed by atoms with E-state index in [1.807, 2.05) is 11.0 Å². The highest BCUT2D eigenvalue weighted by Crippen LogP contribution is 2.19. The molecular weight excluding hydrogens is 278 g/mol. The van der Waals surface area contributed by atoms with Crippen LogP contribution in [0.5, 0.6) is 0 Å². The average molecular weight is 303 g/mol. The first kappa shape index (κ1) is 15.5. The normalized spacial score (nSPS) is 24.8. The molecule has 2 aliphatic rings. The third-order valence-corrected chi connectivity index (χ3v) is 4.47. The van der Waals surface area contributed by atoms with Crippen molar-refractivity contribution in [3.8, 4) is 0 Å². The molecule has 22 heavy (non-hydrogen) atoms. The summed E-state index contributed by atoms with van der Waals surface area (Å²) in [5, 5.41) is 0. The number of rotatable bonds is 6. The molecule has 0 aliphatic carbocycles. The number of aryl methyl sites for hydroxylation is 1. The van der Waals surface area contributed by atoms with Crippen molar-refractivity contribution in [2.75, 3.05) is 26.3 Å². The van der Waals surface area contributed by atoms with E-state index in [4.69, 9.17) is 9.47 Å². The SMILES string of the molecule is O=C([C@H]1CCCO1)N1CC[C@H](OCCCc2ccccc2)C1. The number of likely N-dealkylation sites (tertiary alicyclic amines) is 1. The molecule has 2 fully saturated rings. The summed E-state index contributed by atoms with van der Waals surface area (Å²) in [5.41, 5.74) is 1.35. The summed E-state index contributed by atoms with van der Waals surface area (Å²) < 4.78 is 11.4. The van der Waals surface area contributed by atoms with E-state index in [0.717, 1.165) is 58.4 Å². The highest BCUT2D eigenvalue weighted by molar-refractivity contribution is 5.81. The van der Waals surface area contributed by atoms with Gasteiger partial charge in [-0.3, -0.25) is 4.79 Å². The monoisotopic (exact) mass is 303 g/mol. The predicted molar refractivity (Wildman–Crippen MR) is 84.7 cm³/mol. The lowest BCUT2D eigenvalue weighted by molar-refractivity contribution is -0.140. The summed E-state index contributed by atoms with van der Waals surface area (Å²) in [6.07, 6.45) is 4.90. The summed E-state index contributed by atoms with van der Waals surface area (Å²) in [7, 11) is 0. The number of hydrogen-bond donors (Lipinski definition) is 0. The molecule has 4 nitrogen and oxygen atoms in total. The van der Waals surface area contributed by atoms with Crippen LogP contribution in [-0.4, -0.2) is 49.3 Å². The van der Waals surface area contributed by atoms with Crippen molar-refractivity contribution in [1.82, 2.24) is 4.90 Å². The van der Waals surface area contributed by atoms with Gasteiger partial charge in [0, 0.05) is 26.3 Å². The van der Waals surface area contributed by atoms with E-state index in [1.165, 1.54) is 5.56 Å². The minimum absolute atomic E-state index is 0.160. The predicted octanol–water partition coefficient (Wildman–Crippen LogP) is 2.42. The Kier molecular flexibility index (Phi) is 5.46. The highest BCUT2D eigenvalue weighted by atomic mass is 16.5. The molecule has 0 N–H and O–H groups in total. The molecule has 2 saturated heterocycles. The second-order valence-corrected chi connectivity index (χ2v) is 6.16. The molecule has 4 heteroatoms. The summed E-state index contributed by atoms with van der Waals surface area (Å²) in [5.74, 6) is 0.160. The molecule has 1 aromatic rings. The average Bonchev–Trinajstić information content (AvgIpc) is 3.24. The Morgan fingerprint density at radius 3 is 2.91 bits per heavy atom. The van der Waals surface area contributed by atoms with Crippen molar-refractivity contribution < 1.29 is 14.3 Å². The molecule has 0 aromatic heterocycles. The van der Waals surface area contributed by atoms with Crippen molar-refractivity contribution in [3.05, 3.63) is 35.9 Å². The Morgan fingerprint density at radius 1 is 1.27 bits per heavy atom. The van der Waals surface area contributed by atoms with Crippen molar-refractivity contribution in [3.63, 3.8) is 0 Å². The van der Waals surface area contributed by atoms with Gasteiger partial charge >= 0.3 is 0 Å². The first-order valence-corrected chi connectivity index (χ1v) is 8.39. The largest absolute Gasteiger partial charge is 0.376 e. The van der Waals surface area contributed by atoms with Crippen LogP contribution in [-0.2, 0) is 20.7 Å². The van der Waals surface area contributed by atoms with Crippen LogP contribution in [0.1, 0.15) is 31.2 Å². The quantitative estimate of drug-likeness (QED) is 0.758. The molecule has 0 spiro atoms. The topological polar surface area (TPSA) is 38.8 Å². The third kappa shape index (κ3) is 4.08. The Hall–Kier alpha value is -1.39. The van der Waals surface area contributed by atoms with Gasteiger partial charge in [0.05, 0.1) is 6.10 Å². The van der Waals surface area contributed by atoms with Crippen molar-refractivity contribution in [2.45, 2.75) is 44.3 Å². The van der Waals surface area contributed by atoms with E-state index in [1.54, 1.807) is 0 Å². The first-order valence-electron chi connectivity index (χ1n) is 8.39. The van der Waals surface area contributed by atoms with E-state index < -0.39 is 0 Å². The molecule has 120 valence electrons. The van der Waals surface area contributed by atoms with Crippen LogP contribution < -0.4 is 0 Å². The van der Waals surface area contributed by atoms with Gasteiger partial charge in [0.15, 0.2) is 0 Å². The lowest BCUT2D eigenvalue weighted by Gasteiger charge is -2.20. The molecule has 0 saturated carbocycles. The Morgan fingerprint density at radius 2 is 2.14 bits per heavy atom. The van der Waals surface area contributed by atoms with Crippen molar-refractivity contribution >= 4 is 5.91 Å². The first-order chi connectivity index (χ1) is 10.8. The molecule has 2 aliphatic heterocycles. The fourth-order valence-corrected chi connectivity index (χ4v) is 3.21. The fraction of sp³-hybridized carbons (Fsp3) is 0.611. The van der Waals surface area contributed by atoms with Crippen molar-refractivity contribution in [2.24, 2.45) is 0 Å². The van der Waals surface area contributed by atoms with Gasteiger partial charge in [0.1, 0.15) is 6.10 Å². The lowest BCUT2D eigenvalue weighted by atomic mass is 10.1. The van der Waals surface area contributed by atoms with Crippen LogP contribution in [0.15, 0.2) is 30.3 Å². The maximum atomic E-state index is 12.3. The minimum atomic E-state index is -0.197. The maximum absolute atomic E-state index is 12.3. The van der Waals surface area contributed by atoms with E-state index in [9.17, 15) is 4.79 Å². The van der Waals surface area contributed by atoms with E-state index in [0.29, 0.717) is 0 Å². The molecular formula is C18H25NO3. The Bertz CT molecular complexity index is 470. The zero-order valence-electron chi connectivity index (χ0n) is 13.1. The minimum Gasteiger partial charge on any atom is -0.376 e. The summed E-state index contributed by atoms with van der Waals surface area (Å²) >= 11 is 0. The van der Waals surface area contributed by atoms with E-state index in [2.05, 4.69) is 24.3 Å². The number of carbonyl (C=O) groups is 1. The number of amides is 1. The molecule has 3 rings (SSSR count). The Labute approximate surface area is 132 Å². The molecule has 2 atom stereocenters. The standard InChI is InChI=1S/C18H25NO3/c20-18(17-9-5-13-22-17)19-11-10-16(14-19)21-12-4-8-15-6-2-1-3-7-15/h1-3,6-7,16-17H,4-5,8-14H2/t16-,17+/m0/s1. The van der Waals surface area contributed by atoms with Crippen LogP contribution in [0.25, 0.3) is 0 Å². The van der Waals surface area contributed by atoms with Gasteiger partial charge in [-0.1, -0.05) is 30.3 Å². The maximum Gasteiger partial charge on any atom is 0.251 e. The second kappa shape index (κ2) is 7.75. The highest BCUT2D eigenvalue weighted by Gasteiger charge is 2.33. The van der Waals surface area contributed by atoms with Gasteiger partial charge in [-0.25, -0.2) is 0 Å². The van der Waals surface area contributed by atoms with Gasteiger partial charge in [-0.15, -0.1) is 0 Å². The molecule has 0 radical (unpaired) electrons. The van der Waals surface area contributed by atoms with Crippen LogP contribution in [0.3, 0.4) is 0 Å². The molecule has 2 heterocycles. The van der Waals surface area contributed by atoms with E-state index in [-0.39, 0.29) is 18.1 Å². The number of hydrogen-bond acceptors (Lipinski definition) is 3. The van der Waals surface area contributed by atoms with Gasteiger partial charge in [-0.2, -0.15) is 0 Å². The molecule has 0 unspecified atom stereocenters. The number of nitrogens with zero attached hydrogens (tertiary/aromatic N) is 1. The summed E-state index contributed by atoms with van der Waals surface area (Å²) in [6.45, 7) is 3.03. The number of ether oxygens (including phenoxy) is 2.